The summed E-state index contributed by atoms with van der Waals surface area (Å²) in [6.07, 6.45) is 1.21. The summed E-state index contributed by atoms with van der Waals surface area (Å²) in [5.74, 6) is 3.13. The van der Waals surface area contributed by atoms with Gasteiger partial charge in [0.25, 0.3) is 0 Å². The Morgan fingerprint density at radius 1 is 1.65 bits per heavy atom. The molecule has 1 aliphatic carbocycles. The minimum absolute atomic E-state index is 0.0669. The molecule has 1 aromatic rings. The molecular weight excluding hydrogens is 216 g/mol. The van der Waals surface area contributed by atoms with Crippen LogP contribution in [-0.2, 0) is 11.3 Å². The zero-order valence-corrected chi connectivity index (χ0v) is 10.6. The highest BCUT2D eigenvalue weighted by Gasteiger charge is 2.36. The number of amides is 1. The Balaban J connectivity index is 1.95. The van der Waals surface area contributed by atoms with E-state index in [0.29, 0.717) is 12.5 Å². The van der Waals surface area contributed by atoms with Gasteiger partial charge in [-0.15, -0.1) is 0 Å². The Labute approximate surface area is 102 Å². The van der Waals surface area contributed by atoms with Crippen molar-refractivity contribution >= 4 is 5.91 Å². The molecule has 1 saturated carbocycles. The second-order valence-electron chi connectivity index (χ2n) is 5.11. The minimum atomic E-state index is -0.460. The number of rotatable bonds is 4. The van der Waals surface area contributed by atoms with Crippen LogP contribution in [0.3, 0.4) is 0 Å². The van der Waals surface area contributed by atoms with Gasteiger partial charge in [-0.3, -0.25) is 4.79 Å². The normalized spacial score (nSPS) is 24.5. The first-order chi connectivity index (χ1) is 7.99. The third kappa shape index (κ3) is 2.69. The Morgan fingerprint density at radius 2 is 2.29 bits per heavy atom. The average molecular weight is 236 g/mol. The number of nitrogens with zero attached hydrogens (tertiary/aromatic N) is 1. The van der Waals surface area contributed by atoms with E-state index in [1.807, 2.05) is 12.1 Å². The lowest BCUT2D eigenvalue weighted by Gasteiger charge is -2.17. The first-order valence-electron chi connectivity index (χ1n) is 6.08. The molecule has 1 aromatic heterocycles. The standard InChI is InChI=1S/C13H20N2O2/c1-8-6-11(8)12-5-4-10(17-12)7-15(3)13(16)9(2)14/h4-5,8-9,11H,6-7,14H2,1-3H3/t8?,9-,11?/m0/s1. The van der Waals surface area contributed by atoms with Crippen LogP contribution in [0.1, 0.15) is 37.7 Å². The van der Waals surface area contributed by atoms with Crippen LogP contribution in [0.2, 0.25) is 0 Å². The molecule has 4 nitrogen and oxygen atoms in total. The topological polar surface area (TPSA) is 59.5 Å². The second-order valence-corrected chi connectivity index (χ2v) is 5.11. The van der Waals surface area contributed by atoms with E-state index >= 15 is 0 Å². The lowest BCUT2D eigenvalue weighted by Crippen LogP contribution is -2.39. The lowest BCUT2D eigenvalue weighted by molar-refractivity contribution is -0.131. The summed E-state index contributed by atoms with van der Waals surface area (Å²) in [4.78, 5) is 13.2. The van der Waals surface area contributed by atoms with Crippen molar-refractivity contribution in [3.05, 3.63) is 23.7 Å². The number of carbonyl (C=O) groups is 1. The fourth-order valence-corrected chi connectivity index (χ4v) is 2.06. The van der Waals surface area contributed by atoms with Gasteiger partial charge in [-0.1, -0.05) is 6.92 Å². The highest BCUT2D eigenvalue weighted by atomic mass is 16.3. The predicted octanol–water partition coefficient (Wildman–Crippen LogP) is 1.71. The molecule has 94 valence electrons. The molecule has 0 saturated heterocycles. The number of hydrogen-bond donors (Lipinski definition) is 1. The lowest BCUT2D eigenvalue weighted by atomic mass is 10.3. The van der Waals surface area contributed by atoms with Crippen molar-refractivity contribution < 1.29 is 9.21 Å². The van der Waals surface area contributed by atoms with E-state index in [4.69, 9.17) is 10.2 Å². The monoisotopic (exact) mass is 236 g/mol. The summed E-state index contributed by atoms with van der Waals surface area (Å²) < 4.78 is 5.74. The van der Waals surface area contributed by atoms with Gasteiger partial charge in [0.15, 0.2) is 0 Å². The highest BCUT2D eigenvalue weighted by Crippen LogP contribution is 2.47. The van der Waals surface area contributed by atoms with Gasteiger partial charge in [0.1, 0.15) is 11.5 Å². The molecule has 4 heteroatoms. The van der Waals surface area contributed by atoms with Gasteiger partial charge in [0.2, 0.25) is 5.91 Å². The third-order valence-electron chi connectivity index (χ3n) is 3.32. The molecule has 0 radical (unpaired) electrons. The van der Waals surface area contributed by atoms with Crippen molar-refractivity contribution in [2.45, 2.75) is 38.8 Å². The Morgan fingerprint density at radius 3 is 2.82 bits per heavy atom. The maximum Gasteiger partial charge on any atom is 0.239 e. The van der Waals surface area contributed by atoms with Gasteiger partial charge in [-0.25, -0.2) is 0 Å². The molecule has 0 spiro atoms. The van der Waals surface area contributed by atoms with Crippen molar-refractivity contribution in [2.24, 2.45) is 11.7 Å². The molecular formula is C13H20N2O2. The SMILES string of the molecule is CC1CC1c1ccc(CN(C)C(=O)[C@H](C)N)o1. The largest absolute Gasteiger partial charge is 0.464 e. The van der Waals surface area contributed by atoms with Crippen molar-refractivity contribution in [1.82, 2.24) is 4.90 Å². The molecule has 0 bridgehead atoms. The highest BCUT2D eigenvalue weighted by molar-refractivity contribution is 5.80. The Kier molecular flexibility index (Phi) is 3.24. The van der Waals surface area contributed by atoms with Gasteiger partial charge in [-0.05, 0) is 31.4 Å². The molecule has 2 N–H and O–H groups in total. The Hall–Kier alpha value is -1.29. The molecule has 1 amide bonds. The molecule has 2 unspecified atom stereocenters. The summed E-state index contributed by atoms with van der Waals surface area (Å²) in [5.41, 5.74) is 5.55. The summed E-state index contributed by atoms with van der Waals surface area (Å²) in [5, 5.41) is 0. The molecule has 0 aliphatic heterocycles. The van der Waals surface area contributed by atoms with Crippen LogP contribution in [0.4, 0.5) is 0 Å². The van der Waals surface area contributed by atoms with Crippen LogP contribution < -0.4 is 5.73 Å². The number of nitrogens with two attached hydrogens (primary N) is 1. The second kappa shape index (κ2) is 4.53. The molecule has 1 heterocycles. The fourth-order valence-electron chi connectivity index (χ4n) is 2.06. The third-order valence-corrected chi connectivity index (χ3v) is 3.32. The average Bonchev–Trinajstić information content (AvgIpc) is 2.82. The van der Waals surface area contributed by atoms with Crippen LogP contribution in [0, 0.1) is 5.92 Å². The molecule has 1 fully saturated rings. The first kappa shape index (κ1) is 12.2. The fraction of sp³-hybridized carbons (Fsp3) is 0.615. The summed E-state index contributed by atoms with van der Waals surface area (Å²) >= 11 is 0. The van der Waals surface area contributed by atoms with Gasteiger partial charge >= 0.3 is 0 Å². The van der Waals surface area contributed by atoms with Crippen molar-refractivity contribution in [2.75, 3.05) is 7.05 Å². The van der Waals surface area contributed by atoms with Crippen molar-refractivity contribution in [3.8, 4) is 0 Å². The molecule has 3 atom stereocenters. The zero-order chi connectivity index (χ0) is 12.6. The number of furan rings is 1. The Bertz CT molecular complexity index is 411. The van der Waals surface area contributed by atoms with Crippen molar-refractivity contribution in [3.63, 3.8) is 0 Å². The maximum atomic E-state index is 11.6. The zero-order valence-electron chi connectivity index (χ0n) is 10.6. The van der Waals surface area contributed by atoms with Gasteiger partial charge < -0.3 is 15.1 Å². The maximum absolute atomic E-state index is 11.6. The number of hydrogen-bond acceptors (Lipinski definition) is 3. The number of carbonyl (C=O) groups excluding carboxylic acids is 1. The van der Waals surface area contributed by atoms with E-state index in [9.17, 15) is 4.79 Å². The first-order valence-corrected chi connectivity index (χ1v) is 6.08. The molecule has 1 aliphatic rings. The van der Waals surface area contributed by atoms with Crippen LogP contribution in [0.5, 0.6) is 0 Å². The van der Waals surface area contributed by atoms with E-state index < -0.39 is 6.04 Å². The van der Waals surface area contributed by atoms with Crippen molar-refractivity contribution in [1.29, 1.82) is 0 Å². The van der Waals surface area contributed by atoms with Gasteiger partial charge in [0.05, 0.1) is 12.6 Å². The smallest absolute Gasteiger partial charge is 0.239 e. The van der Waals surface area contributed by atoms with Crippen LogP contribution in [0.25, 0.3) is 0 Å². The van der Waals surface area contributed by atoms with E-state index in [1.165, 1.54) is 6.42 Å². The van der Waals surface area contributed by atoms with E-state index in [-0.39, 0.29) is 5.91 Å². The van der Waals surface area contributed by atoms with Gasteiger partial charge in [0, 0.05) is 13.0 Å². The van der Waals surface area contributed by atoms with Crippen LogP contribution >= 0.6 is 0 Å². The summed E-state index contributed by atoms with van der Waals surface area (Å²) in [6.45, 7) is 4.40. The summed E-state index contributed by atoms with van der Waals surface area (Å²) in [7, 11) is 1.74. The van der Waals surface area contributed by atoms with Crippen LogP contribution in [0.15, 0.2) is 16.5 Å². The van der Waals surface area contributed by atoms with E-state index in [1.54, 1.807) is 18.9 Å². The van der Waals surface area contributed by atoms with Gasteiger partial charge in [-0.2, -0.15) is 0 Å². The predicted molar refractivity (Wildman–Crippen MR) is 65.4 cm³/mol. The van der Waals surface area contributed by atoms with E-state index in [0.717, 1.165) is 17.4 Å². The molecule has 0 aromatic carbocycles. The quantitative estimate of drug-likeness (QED) is 0.865. The molecule has 2 rings (SSSR count). The molecule has 17 heavy (non-hydrogen) atoms. The van der Waals surface area contributed by atoms with E-state index in [2.05, 4.69) is 6.92 Å². The minimum Gasteiger partial charge on any atom is -0.464 e. The van der Waals surface area contributed by atoms with Crippen LogP contribution in [-0.4, -0.2) is 23.9 Å². The summed E-state index contributed by atoms with van der Waals surface area (Å²) in [6, 6.07) is 3.51. The number of likely N-dealkylation sites (N-methyl/N-ethyl adjacent to an activating group) is 1.